The molecule has 2 spiro atoms. The van der Waals surface area contributed by atoms with Crippen LogP contribution in [0.1, 0.15) is 44.9 Å². The standard InChI is InChI=1S/C15H22O5/c1-3-16-4-2-14(1)17-19-15(20-18-14)12-6-10-5-11(8-12)9-13(15)7-10/h10-13H,1-9H2. The van der Waals surface area contributed by atoms with Crippen LogP contribution in [0.25, 0.3) is 0 Å². The van der Waals surface area contributed by atoms with E-state index in [0.29, 0.717) is 37.9 Å². The number of hydrogen-bond acceptors (Lipinski definition) is 5. The fourth-order valence-corrected chi connectivity index (χ4v) is 5.27. The normalized spacial score (nSPS) is 48.0. The Labute approximate surface area is 118 Å². The van der Waals surface area contributed by atoms with Crippen LogP contribution in [0.4, 0.5) is 0 Å². The quantitative estimate of drug-likeness (QED) is 0.639. The Hall–Kier alpha value is -0.200. The van der Waals surface area contributed by atoms with Crippen LogP contribution in [0, 0.1) is 23.7 Å². The van der Waals surface area contributed by atoms with Gasteiger partial charge in [0.05, 0.1) is 13.2 Å². The van der Waals surface area contributed by atoms with Crippen molar-refractivity contribution in [3.05, 3.63) is 0 Å². The SMILES string of the molecule is C1CC2(CCO1)OOC1(OO2)C2CC3CC(C2)CC1C3. The zero-order chi connectivity index (χ0) is 13.2. The topological polar surface area (TPSA) is 46.2 Å². The molecule has 0 radical (unpaired) electrons. The molecule has 0 aromatic heterocycles. The lowest BCUT2D eigenvalue weighted by molar-refractivity contribution is -0.681. The second kappa shape index (κ2) is 4.17. The molecule has 5 heteroatoms. The van der Waals surface area contributed by atoms with Crippen molar-refractivity contribution in [3.63, 3.8) is 0 Å². The van der Waals surface area contributed by atoms with Crippen LogP contribution in [0.3, 0.4) is 0 Å². The Morgan fingerprint density at radius 1 is 0.650 bits per heavy atom. The van der Waals surface area contributed by atoms with Crippen molar-refractivity contribution in [1.82, 2.24) is 0 Å². The maximum absolute atomic E-state index is 5.93. The molecule has 5 nitrogen and oxygen atoms in total. The molecule has 6 aliphatic rings. The molecule has 20 heavy (non-hydrogen) atoms. The maximum Gasteiger partial charge on any atom is 0.239 e. The number of hydrogen-bond donors (Lipinski definition) is 0. The van der Waals surface area contributed by atoms with Gasteiger partial charge in [0.15, 0.2) is 0 Å². The molecule has 0 aromatic carbocycles. The highest BCUT2D eigenvalue weighted by Crippen LogP contribution is 2.61. The molecule has 112 valence electrons. The van der Waals surface area contributed by atoms with Crippen molar-refractivity contribution in [2.45, 2.75) is 56.5 Å². The Bertz CT molecular complexity index is 363. The van der Waals surface area contributed by atoms with Crippen molar-refractivity contribution in [3.8, 4) is 0 Å². The second-order valence-electron chi connectivity index (χ2n) is 7.38. The van der Waals surface area contributed by atoms with E-state index in [0.717, 1.165) is 11.8 Å². The third-order valence-corrected chi connectivity index (χ3v) is 6.18. The van der Waals surface area contributed by atoms with Crippen LogP contribution < -0.4 is 0 Å². The van der Waals surface area contributed by atoms with Crippen molar-refractivity contribution >= 4 is 0 Å². The van der Waals surface area contributed by atoms with E-state index in [2.05, 4.69) is 0 Å². The van der Waals surface area contributed by atoms with Crippen LogP contribution in [0.2, 0.25) is 0 Å². The van der Waals surface area contributed by atoms with Gasteiger partial charge in [-0.25, -0.2) is 0 Å². The summed E-state index contributed by atoms with van der Waals surface area (Å²) in [5.41, 5.74) is 0. The Kier molecular flexibility index (Phi) is 2.58. The average molecular weight is 282 g/mol. The number of ether oxygens (including phenoxy) is 1. The van der Waals surface area contributed by atoms with Crippen molar-refractivity contribution < 1.29 is 24.3 Å². The Morgan fingerprint density at radius 3 is 1.75 bits per heavy atom. The fourth-order valence-electron chi connectivity index (χ4n) is 5.27. The summed E-state index contributed by atoms with van der Waals surface area (Å²) in [5, 5.41) is 0. The third-order valence-electron chi connectivity index (χ3n) is 6.18. The molecule has 4 saturated carbocycles. The highest BCUT2D eigenvalue weighted by atomic mass is 17.4. The van der Waals surface area contributed by atoms with Crippen LogP contribution in [0.5, 0.6) is 0 Å². The first-order valence-corrected chi connectivity index (χ1v) is 8.09. The molecule has 0 aromatic rings. The average Bonchev–Trinajstić information content (AvgIpc) is 2.47. The van der Waals surface area contributed by atoms with Crippen LogP contribution in [-0.4, -0.2) is 24.8 Å². The predicted octanol–water partition coefficient (Wildman–Crippen LogP) is 2.56. The predicted molar refractivity (Wildman–Crippen MR) is 66.9 cm³/mol. The molecule has 4 aliphatic carbocycles. The number of rotatable bonds is 0. The summed E-state index contributed by atoms with van der Waals surface area (Å²) in [6, 6.07) is 0. The first kappa shape index (κ1) is 12.4. The summed E-state index contributed by atoms with van der Waals surface area (Å²) in [6.07, 6.45) is 7.57. The van der Waals surface area contributed by atoms with E-state index in [1.807, 2.05) is 0 Å². The van der Waals surface area contributed by atoms with Gasteiger partial charge in [-0.1, -0.05) is 0 Å². The first-order valence-electron chi connectivity index (χ1n) is 8.09. The molecule has 2 aliphatic heterocycles. The largest absolute Gasteiger partial charge is 0.381 e. The van der Waals surface area contributed by atoms with E-state index in [9.17, 15) is 0 Å². The van der Waals surface area contributed by atoms with Gasteiger partial charge in [0.1, 0.15) is 0 Å². The summed E-state index contributed by atoms with van der Waals surface area (Å²) < 4.78 is 5.36. The fraction of sp³-hybridized carbons (Fsp3) is 1.00. The van der Waals surface area contributed by atoms with Crippen molar-refractivity contribution in [2.75, 3.05) is 13.2 Å². The van der Waals surface area contributed by atoms with E-state index < -0.39 is 11.6 Å². The summed E-state index contributed by atoms with van der Waals surface area (Å²) in [7, 11) is 0. The first-order chi connectivity index (χ1) is 9.78. The van der Waals surface area contributed by atoms with Crippen LogP contribution in [0.15, 0.2) is 0 Å². The summed E-state index contributed by atoms with van der Waals surface area (Å²) in [5.74, 6) is 1.25. The van der Waals surface area contributed by atoms with Gasteiger partial charge in [-0.15, -0.1) is 0 Å². The molecule has 6 rings (SSSR count). The Morgan fingerprint density at radius 2 is 1.20 bits per heavy atom. The second-order valence-corrected chi connectivity index (χ2v) is 7.38. The molecule has 4 bridgehead atoms. The smallest absolute Gasteiger partial charge is 0.239 e. The maximum atomic E-state index is 5.93. The highest BCUT2D eigenvalue weighted by Gasteiger charge is 2.64. The zero-order valence-corrected chi connectivity index (χ0v) is 11.7. The minimum absolute atomic E-state index is 0.441. The van der Waals surface area contributed by atoms with Crippen molar-refractivity contribution in [2.24, 2.45) is 23.7 Å². The zero-order valence-electron chi connectivity index (χ0n) is 11.7. The van der Waals surface area contributed by atoms with E-state index in [-0.39, 0.29) is 0 Å². The third kappa shape index (κ3) is 1.61. The highest BCUT2D eigenvalue weighted by molar-refractivity contribution is 5.03. The Balaban J connectivity index is 1.37. The van der Waals surface area contributed by atoms with Gasteiger partial charge in [0, 0.05) is 24.7 Å². The van der Waals surface area contributed by atoms with E-state index in [1.165, 1.54) is 32.1 Å². The molecule has 6 fully saturated rings. The van der Waals surface area contributed by atoms with Gasteiger partial charge in [0.25, 0.3) is 0 Å². The van der Waals surface area contributed by atoms with Gasteiger partial charge in [-0.2, -0.15) is 19.6 Å². The molecule has 0 N–H and O–H groups in total. The van der Waals surface area contributed by atoms with Gasteiger partial charge in [0.2, 0.25) is 11.6 Å². The van der Waals surface area contributed by atoms with E-state index in [1.54, 1.807) is 0 Å². The van der Waals surface area contributed by atoms with E-state index in [4.69, 9.17) is 24.3 Å². The molecular weight excluding hydrogens is 260 g/mol. The molecule has 0 unspecified atom stereocenters. The molecule has 2 saturated heterocycles. The lowest BCUT2D eigenvalue weighted by Crippen LogP contribution is -2.65. The lowest BCUT2D eigenvalue weighted by Gasteiger charge is -2.60. The minimum atomic E-state index is -0.738. The van der Waals surface area contributed by atoms with Gasteiger partial charge in [-0.3, -0.25) is 0 Å². The van der Waals surface area contributed by atoms with Crippen molar-refractivity contribution in [1.29, 1.82) is 0 Å². The van der Waals surface area contributed by atoms with E-state index >= 15 is 0 Å². The van der Waals surface area contributed by atoms with Gasteiger partial charge in [-0.05, 0) is 43.9 Å². The van der Waals surface area contributed by atoms with Gasteiger partial charge < -0.3 is 4.74 Å². The summed E-state index contributed by atoms with van der Waals surface area (Å²) in [4.78, 5) is 23.4. The minimum Gasteiger partial charge on any atom is -0.381 e. The summed E-state index contributed by atoms with van der Waals surface area (Å²) in [6.45, 7) is 1.27. The summed E-state index contributed by atoms with van der Waals surface area (Å²) >= 11 is 0. The molecule has 0 atom stereocenters. The molecule has 0 amide bonds. The van der Waals surface area contributed by atoms with Gasteiger partial charge >= 0.3 is 0 Å². The lowest BCUT2D eigenvalue weighted by atomic mass is 9.53. The monoisotopic (exact) mass is 282 g/mol. The molecule has 2 heterocycles. The van der Waals surface area contributed by atoms with Crippen LogP contribution >= 0.6 is 0 Å². The molecular formula is C15H22O5. The van der Waals surface area contributed by atoms with Crippen LogP contribution in [-0.2, 0) is 24.3 Å².